The van der Waals surface area contributed by atoms with Gasteiger partial charge in [-0.15, -0.1) is 0 Å². The Kier molecular flexibility index (Phi) is 4.28. The molecule has 2 atom stereocenters. The van der Waals surface area contributed by atoms with Crippen LogP contribution >= 0.6 is 0 Å². The van der Waals surface area contributed by atoms with E-state index in [4.69, 9.17) is 5.73 Å². The second-order valence-electron chi connectivity index (χ2n) is 5.90. The lowest BCUT2D eigenvalue weighted by Gasteiger charge is -2.06. The Morgan fingerprint density at radius 1 is 1.13 bits per heavy atom. The van der Waals surface area contributed by atoms with Crippen molar-refractivity contribution in [3.8, 4) is 0 Å². The zero-order valence-electron chi connectivity index (χ0n) is 12.6. The van der Waals surface area contributed by atoms with Gasteiger partial charge in [-0.1, -0.05) is 18.2 Å². The number of carbonyl (C=O) groups is 1. The maximum atomic E-state index is 13.2. The summed E-state index contributed by atoms with van der Waals surface area (Å²) < 4.78 is 26.2. The van der Waals surface area contributed by atoms with Crippen LogP contribution in [0.4, 0.5) is 14.5 Å². The third-order valence-corrected chi connectivity index (χ3v) is 4.19. The van der Waals surface area contributed by atoms with Crippen LogP contribution in [0.5, 0.6) is 0 Å². The van der Waals surface area contributed by atoms with E-state index < -0.39 is 11.6 Å². The third kappa shape index (κ3) is 3.67. The van der Waals surface area contributed by atoms with E-state index in [2.05, 4.69) is 5.32 Å². The predicted molar refractivity (Wildman–Crippen MR) is 84.8 cm³/mol. The minimum atomic E-state index is -0.864. The van der Waals surface area contributed by atoms with Crippen molar-refractivity contribution in [2.24, 2.45) is 5.92 Å². The van der Waals surface area contributed by atoms with E-state index in [-0.39, 0.29) is 17.7 Å². The number of anilines is 1. The largest absolute Gasteiger partial charge is 0.399 e. The highest BCUT2D eigenvalue weighted by Gasteiger charge is 2.43. The average molecular weight is 316 g/mol. The van der Waals surface area contributed by atoms with Crippen molar-refractivity contribution in [1.29, 1.82) is 0 Å². The van der Waals surface area contributed by atoms with Gasteiger partial charge in [-0.05, 0) is 54.2 Å². The molecule has 0 aromatic heterocycles. The smallest absolute Gasteiger partial charge is 0.223 e. The molecule has 3 nitrogen and oxygen atoms in total. The fourth-order valence-corrected chi connectivity index (χ4v) is 2.74. The van der Waals surface area contributed by atoms with Crippen molar-refractivity contribution in [2.75, 3.05) is 12.3 Å². The van der Waals surface area contributed by atoms with Gasteiger partial charge >= 0.3 is 0 Å². The molecule has 5 heteroatoms. The second-order valence-corrected chi connectivity index (χ2v) is 5.90. The third-order valence-electron chi connectivity index (χ3n) is 4.19. The Bertz CT molecular complexity index is 715. The Morgan fingerprint density at radius 3 is 2.57 bits per heavy atom. The van der Waals surface area contributed by atoms with E-state index in [0.29, 0.717) is 24.2 Å². The van der Waals surface area contributed by atoms with E-state index in [0.717, 1.165) is 18.1 Å². The SMILES string of the molecule is Nc1ccc(CCNC(=O)C2CC2c2ccc(F)c(F)c2)cc1. The molecule has 2 unspecified atom stereocenters. The minimum Gasteiger partial charge on any atom is -0.399 e. The van der Waals surface area contributed by atoms with Crippen LogP contribution in [0.3, 0.4) is 0 Å². The van der Waals surface area contributed by atoms with Gasteiger partial charge in [0.05, 0.1) is 0 Å². The quantitative estimate of drug-likeness (QED) is 0.833. The first-order valence-corrected chi connectivity index (χ1v) is 7.61. The van der Waals surface area contributed by atoms with Crippen LogP contribution in [0, 0.1) is 17.6 Å². The molecule has 0 saturated heterocycles. The van der Waals surface area contributed by atoms with Crippen LogP contribution in [0.15, 0.2) is 42.5 Å². The normalized spacial score (nSPS) is 19.4. The number of nitrogen functional groups attached to an aromatic ring is 1. The second kappa shape index (κ2) is 6.36. The van der Waals surface area contributed by atoms with Crippen molar-refractivity contribution in [3.63, 3.8) is 0 Å². The van der Waals surface area contributed by atoms with E-state index in [1.54, 1.807) is 6.07 Å². The van der Waals surface area contributed by atoms with Crippen LogP contribution in [-0.2, 0) is 11.2 Å². The fraction of sp³-hybridized carbons (Fsp3) is 0.278. The Hall–Kier alpha value is -2.43. The van der Waals surface area contributed by atoms with Gasteiger partial charge < -0.3 is 11.1 Å². The molecular formula is C18H18F2N2O. The first kappa shape index (κ1) is 15.5. The molecule has 3 rings (SSSR count). The van der Waals surface area contributed by atoms with Crippen LogP contribution < -0.4 is 11.1 Å². The van der Waals surface area contributed by atoms with Crippen molar-refractivity contribution < 1.29 is 13.6 Å². The molecule has 3 N–H and O–H groups in total. The monoisotopic (exact) mass is 316 g/mol. The van der Waals surface area contributed by atoms with Gasteiger partial charge in [0.25, 0.3) is 0 Å². The van der Waals surface area contributed by atoms with Crippen LogP contribution in [0.1, 0.15) is 23.5 Å². The summed E-state index contributed by atoms with van der Waals surface area (Å²) in [7, 11) is 0. The average Bonchev–Trinajstić information content (AvgIpc) is 3.32. The molecule has 1 amide bonds. The Morgan fingerprint density at radius 2 is 1.87 bits per heavy atom. The van der Waals surface area contributed by atoms with Gasteiger partial charge in [0.2, 0.25) is 5.91 Å². The first-order valence-electron chi connectivity index (χ1n) is 7.61. The zero-order chi connectivity index (χ0) is 16.4. The van der Waals surface area contributed by atoms with Crippen molar-refractivity contribution in [1.82, 2.24) is 5.32 Å². The molecule has 23 heavy (non-hydrogen) atoms. The maximum absolute atomic E-state index is 13.2. The maximum Gasteiger partial charge on any atom is 0.223 e. The molecule has 120 valence electrons. The van der Waals surface area contributed by atoms with Gasteiger partial charge in [-0.25, -0.2) is 8.78 Å². The molecular weight excluding hydrogens is 298 g/mol. The number of rotatable bonds is 5. The summed E-state index contributed by atoms with van der Waals surface area (Å²) in [6, 6.07) is 11.4. The Labute approximate surface area is 133 Å². The van der Waals surface area contributed by atoms with Gasteiger partial charge in [-0.3, -0.25) is 4.79 Å². The molecule has 2 aromatic rings. The summed E-state index contributed by atoms with van der Waals surface area (Å²) in [5, 5.41) is 2.90. The lowest BCUT2D eigenvalue weighted by atomic mass is 10.1. The zero-order valence-corrected chi connectivity index (χ0v) is 12.6. The number of halogens is 2. The number of benzene rings is 2. The molecule has 1 aliphatic rings. The molecule has 1 saturated carbocycles. The number of nitrogens with one attached hydrogen (secondary N) is 1. The fourth-order valence-electron chi connectivity index (χ4n) is 2.74. The van der Waals surface area contributed by atoms with Crippen LogP contribution in [0.25, 0.3) is 0 Å². The lowest BCUT2D eigenvalue weighted by molar-refractivity contribution is -0.122. The predicted octanol–water partition coefficient (Wildman–Crippen LogP) is 3.01. The molecule has 0 spiro atoms. The first-order chi connectivity index (χ1) is 11.0. The molecule has 2 aromatic carbocycles. The standard InChI is InChI=1S/C18H18F2N2O/c19-16-6-3-12(9-17(16)20)14-10-15(14)18(23)22-8-7-11-1-4-13(21)5-2-11/h1-6,9,14-15H,7-8,10,21H2,(H,22,23). The van der Waals surface area contributed by atoms with E-state index in [1.807, 2.05) is 24.3 Å². The molecule has 0 bridgehead atoms. The molecule has 0 radical (unpaired) electrons. The minimum absolute atomic E-state index is 0.0124. The molecule has 1 aliphatic carbocycles. The summed E-state index contributed by atoms with van der Waals surface area (Å²) in [5.74, 6) is -1.92. The summed E-state index contributed by atoms with van der Waals surface area (Å²) >= 11 is 0. The lowest BCUT2D eigenvalue weighted by Crippen LogP contribution is -2.27. The van der Waals surface area contributed by atoms with E-state index in [9.17, 15) is 13.6 Å². The Balaban J connectivity index is 1.48. The van der Waals surface area contributed by atoms with E-state index in [1.165, 1.54) is 6.07 Å². The van der Waals surface area contributed by atoms with Crippen molar-refractivity contribution >= 4 is 11.6 Å². The summed E-state index contributed by atoms with van der Waals surface area (Å²) in [6.07, 6.45) is 1.41. The molecule has 0 aliphatic heterocycles. The summed E-state index contributed by atoms with van der Waals surface area (Å²) in [4.78, 5) is 12.1. The topological polar surface area (TPSA) is 55.1 Å². The van der Waals surface area contributed by atoms with Gasteiger partial charge in [0, 0.05) is 18.2 Å². The summed E-state index contributed by atoms with van der Waals surface area (Å²) in [6.45, 7) is 0.545. The van der Waals surface area contributed by atoms with Crippen LogP contribution in [0.2, 0.25) is 0 Å². The number of hydrogen-bond donors (Lipinski definition) is 2. The van der Waals surface area contributed by atoms with Gasteiger partial charge in [0.15, 0.2) is 11.6 Å². The number of hydrogen-bond acceptors (Lipinski definition) is 2. The van der Waals surface area contributed by atoms with Crippen LogP contribution in [-0.4, -0.2) is 12.5 Å². The highest BCUT2D eigenvalue weighted by molar-refractivity contribution is 5.82. The number of nitrogens with two attached hydrogens (primary N) is 1. The highest BCUT2D eigenvalue weighted by Crippen LogP contribution is 2.47. The number of carbonyl (C=O) groups excluding carboxylic acids is 1. The van der Waals surface area contributed by atoms with Gasteiger partial charge in [0.1, 0.15) is 0 Å². The van der Waals surface area contributed by atoms with Gasteiger partial charge in [-0.2, -0.15) is 0 Å². The molecule has 1 fully saturated rings. The highest BCUT2D eigenvalue weighted by atomic mass is 19.2. The van der Waals surface area contributed by atoms with Crippen molar-refractivity contribution in [2.45, 2.75) is 18.8 Å². The summed E-state index contributed by atoms with van der Waals surface area (Å²) in [5.41, 5.74) is 8.12. The van der Waals surface area contributed by atoms with E-state index >= 15 is 0 Å². The van der Waals surface area contributed by atoms with Crippen molar-refractivity contribution in [3.05, 3.63) is 65.2 Å². The number of amides is 1. The molecule has 0 heterocycles.